The number of nitro benzene ring substituents is 1. The Morgan fingerprint density at radius 1 is 1.18 bits per heavy atom. The Labute approximate surface area is 127 Å². The minimum absolute atomic E-state index is 0.0506. The van der Waals surface area contributed by atoms with Gasteiger partial charge in [0.05, 0.1) is 18.6 Å². The molecule has 0 radical (unpaired) electrons. The normalized spacial score (nSPS) is 9.86. The Morgan fingerprint density at radius 3 is 2.55 bits per heavy atom. The summed E-state index contributed by atoms with van der Waals surface area (Å²) in [7, 11) is 1.58. The zero-order valence-electron chi connectivity index (χ0n) is 11.9. The number of nitrogens with zero attached hydrogens (tertiary/aromatic N) is 1. The summed E-state index contributed by atoms with van der Waals surface area (Å²) in [6.45, 7) is 0.0506. The van der Waals surface area contributed by atoms with Gasteiger partial charge >= 0.3 is 0 Å². The molecule has 2 aromatic rings. The molecule has 0 spiro atoms. The molecule has 0 bridgehead atoms. The fraction of sp³-hybridized carbons (Fsp3) is 0.133. The van der Waals surface area contributed by atoms with Gasteiger partial charge < -0.3 is 15.4 Å². The molecule has 0 heterocycles. The van der Waals surface area contributed by atoms with Crippen LogP contribution in [0.1, 0.15) is 0 Å². The number of carbonyl (C=O) groups is 1. The van der Waals surface area contributed by atoms with Crippen LogP contribution in [0.4, 0.5) is 17.1 Å². The summed E-state index contributed by atoms with van der Waals surface area (Å²) in [5.74, 6) is 0.433. The van der Waals surface area contributed by atoms with E-state index in [2.05, 4.69) is 10.6 Å². The summed E-state index contributed by atoms with van der Waals surface area (Å²) < 4.78 is 5.04. The van der Waals surface area contributed by atoms with E-state index in [0.29, 0.717) is 5.69 Å². The number of methoxy groups -OCH3 is 1. The highest BCUT2D eigenvalue weighted by Crippen LogP contribution is 2.17. The van der Waals surface area contributed by atoms with Crippen molar-refractivity contribution in [3.63, 3.8) is 0 Å². The number of anilines is 2. The molecule has 7 nitrogen and oxygen atoms in total. The van der Waals surface area contributed by atoms with E-state index in [-0.39, 0.29) is 18.1 Å². The summed E-state index contributed by atoms with van der Waals surface area (Å²) in [5.41, 5.74) is 1.09. The van der Waals surface area contributed by atoms with E-state index >= 15 is 0 Å². The van der Waals surface area contributed by atoms with E-state index in [0.717, 1.165) is 11.4 Å². The summed E-state index contributed by atoms with van der Waals surface area (Å²) in [6, 6.07) is 12.9. The first-order valence-corrected chi connectivity index (χ1v) is 6.51. The minimum Gasteiger partial charge on any atom is -0.497 e. The molecule has 0 aliphatic heterocycles. The Balaban J connectivity index is 1.89. The number of ether oxygens (including phenoxy) is 1. The average Bonchev–Trinajstić information content (AvgIpc) is 2.53. The van der Waals surface area contributed by atoms with Crippen molar-refractivity contribution < 1.29 is 14.5 Å². The zero-order chi connectivity index (χ0) is 15.9. The number of hydrogen-bond acceptors (Lipinski definition) is 5. The first kappa shape index (κ1) is 15.3. The second kappa shape index (κ2) is 7.07. The van der Waals surface area contributed by atoms with E-state index in [1.54, 1.807) is 37.4 Å². The molecule has 1 amide bonds. The molecule has 0 aromatic heterocycles. The van der Waals surface area contributed by atoms with Crippen molar-refractivity contribution in [1.82, 2.24) is 0 Å². The van der Waals surface area contributed by atoms with Crippen LogP contribution in [0.25, 0.3) is 0 Å². The molecule has 0 saturated carbocycles. The maximum atomic E-state index is 11.8. The predicted octanol–water partition coefficient (Wildman–Crippen LogP) is 2.65. The second-order valence-electron chi connectivity index (χ2n) is 4.44. The molecule has 2 rings (SSSR count). The number of non-ortho nitro benzene ring substituents is 1. The molecule has 0 fully saturated rings. The summed E-state index contributed by atoms with van der Waals surface area (Å²) >= 11 is 0. The second-order valence-corrected chi connectivity index (χ2v) is 4.44. The van der Waals surface area contributed by atoms with Crippen molar-refractivity contribution in [1.29, 1.82) is 0 Å². The monoisotopic (exact) mass is 301 g/mol. The van der Waals surface area contributed by atoms with Crippen LogP contribution in [0.2, 0.25) is 0 Å². The lowest BCUT2D eigenvalue weighted by Crippen LogP contribution is -2.21. The molecule has 0 unspecified atom stereocenters. The SMILES string of the molecule is COc1ccc(NCC(=O)Nc2cccc([N+](=O)[O-])c2)cc1. The number of benzene rings is 2. The van der Waals surface area contributed by atoms with Gasteiger partial charge in [0, 0.05) is 23.5 Å². The molecule has 0 atom stereocenters. The van der Waals surface area contributed by atoms with Crippen molar-refractivity contribution >= 4 is 23.0 Å². The van der Waals surface area contributed by atoms with Gasteiger partial charge in [-0.15, -0.1) is 0 Å². The van der Waals surface area contributed by atoms with Gasteiger partial charge in [0.1, 0.15) is 5.75 Å². The van der Waals surface area contributed by atoms with Crippen molar-refractivity contribution in [2.75, 3.05) is 24.3 Å². The zero-order valence-corrected chi connectivity index (χ0v) is 11.9. The summed E-state index contributed by atoms with van der Waals surface area (Å²) in [6.07, 6.45) is 0. The third-order valence-electron chi connectivity index (χ3n) is 2.88. The van der Waals surface area contributed by atoms with Gasteiger partial charge in [0.15, 0.2) is 0 Å². The Hall–Kier alpha value is -3.09. The quantitative estimate of drug-likeness (QED) is 0.632. The van der Waals surface area contributed by atoms with Crippen LogP contribution in [0.5, 0.6) is 5.75 Å². The van der Waals surface area contributed by atoms with Gasteiger partial charge in [-0.25, -0.2) is 0 Å². The number of rotatable bonds is 6. The molecule has 0 aliphatic carbocycles. The lowest BCUT2D eigenvalue weighted by molar-refractivity contribution is -0.384. The highest BCUT2D eigenvalue weighted by Gasteiger charge is 2.08. The van der Waals surface area contributed by atoms with Crippen LogP contribution in [-0.2, 0) is 4.79 Å². The molecular formula is C15H15N3O4. The van der Waals surface area contributed by atoms with E-state index in [9.17, 15) is 14.9 Å². The van der Waals surface area contributed by atoms with Crippen molar-refractivity contribution in [2.45, 2.75) is 0 Å². The maximum absolute atomic E-state index is 11.8. The first-order valence-electron chi connectivity index (χ1n) is 6.51. The molecule has 22 heavy (non-hydrogen) atoms. The van der Waals surface area contributed by atoms with E-state index < -0.39 is 4.92 Å². The van der Waals surface area contributed by atoms with Gasteiger partial charge in [-0.2, -0.15) is 0 Å². The molecule has 2 aromatic carbocycles. The van der Waals surface area contributed by atoms with Crippen molar-refractivity contribution in [3.8, 4) is 5.75 Å². The van der Waals surface area contributed by atoms with E-state index in [4.69, 9.17) is 4.74 Å². The Bertz CT molecular complexity index is 671. The molecular weight excluding hydrogens is 286 g/mol. The van der Waals surface area contributed by atoms with Gasteiger partial charge in [-0.1, -0.05) is 6.07 Å². The smallest absolute Gasteiger partial charge is 0.271 e. The fourth-order valence-corrected chi connectivity index (χ4v) is 1.79. The van der Waals surface area contributed by atoms with Crippen LogP contribution in [0.15, 0.2) is 48.5 Å². The molecule has 114 valence electrons. The van der Waals surface area contributed by atoms with Crippen LogP contribution >= 0.6 is 0 Å². The van der Waals surface area contributed by atoms with Crippen LogP contribution in [0, 0.1) is 10.1 Å². The van der Waals surface area contributed by atoms with E-state index in [1.165, 1.54) is 18.2 Å². The Kier molecular flexibility index (Phi) is 4.92. The average molecular weight is 301 g/mol. The number of hydrogen-bond donors (Lipinski definition) is 2. The largest absolute Gasteiger partial charge is 0.497 e. The maximum Gasteiger partial charge on any atom is 0.271 e. The highest BCUT2D eigenvalue weighted by molar-refractivity contribution is 5.94. The fourth-order valence-electron chi connectivity index (χ4n) is 1.79. The third kappa shape index (κ3) is 4.20. The van der Waals surface area contributed by atoms with Gasteiger partial charge in [-0.3, -0.25) is 14.9 Å². The number of nitro groups is 1. The minimum atomic E-state index is -0.509. The van der Waals surface area contributed by atoms with Crippen LogP contribution < -0.4 is 15.4 Å². The standard InChI is InChI=1S/C15H15N3O4/c1-22-14-7-5-11(6-8-14)16-10-15(19)17-12-3-2-4-13(9-12)18(20)21/h2-9,16H,10H2,1H3,(H,17,19). The highest BCUT2D eigenvalue weighted by atomic mass is 16.6. The lowest BCUT2D eigenvalue weighted by atomic mass is 10.2. The van der Waals surface area contributed by atoms with Crippen molar-refractivity contribution in [2.24, 2.45) is 0 Å². The first-order chi connectivity index (χ1) is 10.6. The topological polar surface area (TPSA) is 93.5 Å². The molecule has 0 saturated heterocycles. The number of nitrogens with one attached hydrogen (secondary N) is 2. The number of carbonyl (C=O) groups excluding carboxylic acids is 1. The summed E-state index contributed by atoms with van der Waals surface area (Å²) in [5, 5.41) is 16.2. The lowest BCUT2D eigenvalue weighted by Gasteiger charge is -2.08. The van der Waals surface area contributed by atoms with Gasteiger partial charge in [-0.05, 0) is 30.3 Å². The molecule has 0 aliphatic rings. The van der Waals surface area contributed by atoms with Crippen LogP contribution in [0.3, 0.4) is 0 Å². The van der Waals surface area contributed by atoms with Crippen molar-refractivity contribution in [3.05, 3.63) is 58.6 Å². The number of amides is 1. The molecule has 7 heteroatoms. The van der Waals surface area contributed by atoms with Gasteiger partial charge in [0.2, 0.25) is 5.91 Å². The molecule has 2 N–H and O–H groups in total. The summed E-state index contributed by atoms with van der Waals surface area (Å²) in [4.78, 5) is 22.0. The van der Waals surface area contributed by atoms with E-state index in [1.807, 2.05) is 0 Å². The van der Waals surface area contributed by atoms with Crippen LogP contribution in [-0.4, -0.2) is 24.5 Å². The van der Waals surface area contributed by atoms with Gasteiger partial charge in [0.25, 0.3) is 5.69 Å². The predicted molar refractivity (Wildman–Crippen MR) is 83.2 cm³/mol. The third-order valence-corrected chi connectivity index (χ3v) is 2.88. The Morgan fingerprint density at radius 2 is 1.91 bits per heavy atom.